The molecule has 1 aliphatic rings. The smallest absolute Gasteiger partial charge is 0.314 e. The van der Waals surface area contributed by atoms with Crippen LogP contribution in [-0.2, 0) is 0 Å². The monoisotopic (exact) mass is 145 g/mol. The Bertz CT molecular complexity index is 147. The van der Waals surface area contributed by atoms with Crippen molar-refractivity contribution in [2.45, 2.75) is 5.50 Å². The molecule has 0 bridgehead atoms. The maximum atomic E-state index is 10.2. The Morgan fingerprint density at radius 3 is 3.22 bits per heavy atom. The van der Waals surface area contributed by atoms with Crippen LogP contribution in [0.2, 0.25) is 0 Å². The molecular weight excluding hydrogens is 138 g/mol. The zero-order chi connectivity index (χ0) is 6.69. The average molecular weight is 145 g/mol. The molecule has 0 saturated heterocycles. The zero-order valence-corrected chi connectivity index (χ0v) is 5.52. The average Bonchev–Trinajstić information content (AvgIpc) is 2.15. The van der Waals surface area contributed by atoms with Gasteiger partial charge in [0.25, 0.3) is 0 Å². The van der Waals surface area contributed by atoms with Crippen molar-refractivity contribution >= 4 is 24.0 Å². The Balaban J connectivity index is 2.28. The first kappa shape index (κ1) is 6.41. The van der Waals surface area contributed by atoms with Crippen molar-refractivity contribution in [2.75, 3.05) is 5.75 Å². The second-order valence-corrected chi connectivity index (χ2v) is 2.64. The summed E-state index contributed by atoms with van der Waals surface area (Å²) in [6.45, 7) is 0. The Labute approximate surface area is 56.9 Å². The first-order valence-electron chi connectivity index (χ1n) is 2.48. The number of nitrogens with one attached hydrogen (secondary N) is 1. The lowest BCUT2D eigenvalue weighted by Crippen LogP contribution is -2.34. The van der Waals surface area contributed by atoms with E-state index in [1.54, 1.807) is 6.21 Å². The highest BCUT2D eigenvalue weighted by molar-refractivity contribution is 8.00. The molecule has 3 N–H and O–H groups in total. The normalized spacial score (nSPS) is 24.2. The number of carbonyl (C=O) groups excluding carboxylic acids is 1. The van der Waals surface area contributed by atoms with Crippen molar-refractivity contribution in [1.82, 2.24) is 5.32 Å². The van der Waals surface area contributed by atoms with Gasteiger partial charge in [0.1, 0.15) is 0 Å². The number of hydrogen-bond acceptors (Lipinski definition) is 3. The van der Waals surface area contributed by atoms with Crippen LogP contribution in [0, 0.1) is 0 Å². The summed E-state index contributed by atoms with van der Waals surface area (Å²) in [5, 5.41) is 2.45. The third-order valence-corrected chi connectivity index (χ3v) is 1.73. The number of primary amides is 1. The van der Waals surface area contributed by atoms with Gasteiger partial charge in [-0.1, -0.05) is 0 Å². The minimum absolute atomic E-state index is 0.150. The standard InChI is InChI=1S/C4H7N3OS/c5-3(8)7-4-6-1-2-9-4/h1,4H,2H2,(H3,5,7,8). The summed E-state index contributed by atoms with van der Waals surface area (Å²) in [5.41, 5.74) is 4.68. The third kappa shape index (κ3) is 1.93. The van der Waals surface area contributed by atoms with Crippen LogP contribution >= 0.6 is 11.8 Å². The van der Waals surface area contributed by atoms with Crippen molar-refractivity contribution in [1.29, 1.82) is 0 Å². The van der Waals surface area contributed by atoms with E-state index in [0.29, 0.717) is 0 Å². The van der Waals surface area contributed by atoms with Crippen LogP contribution in [0.5, 0.6) is 0 Å². The van der Waals surface area contributed by atoms with Gasteiger partial charge >= 0.3 is 6.03 Å². The molecule has 0 fully saturated rings. The molecule has 1 heterocycles. The van der Waals surface area contributed by atoms with Gasteiger partial charge in [-0.05, 0) is 0 Å². The lowest BCUT2D eigenvalue weighted by molar-refractivity contribution is 0.248. The van der Waals surface area contributed by atoms with E-state index in [2.05, 4.69) is 10.3 Å². The Hall–Kier alpha value is -0.710. The fourth-order valence-corrected chi connectivity index (χ4v) is 1.24. The highest BCUT2D eigenvalue weighted by Crippen LogP contribution is 2.12. The van der Waals surface area contributed by atoms with E-state index >= 15 is 0 Å². The highest BCUT2D eigenvalue weighted by atomic mass is 32.2. The van der Waals surface area contributed by atoms with Gasteiger partial charge in [0.05, 0.1) is 0 Å². The molecule has 0 aromatic rings. The maximum Gasteiger partial charge on any atom is 0.314 e. The van der Waals surface area contributed by atoms with Gasteiger partial charge in [0, 0.05) is 12.0 Å². The summed E-state index contributed by atoms with van der Waals surface area (Å²) < 4.78 is 0. The molecule has 2 amide bonds. The van der Waals surface area contributed by atoms with Crippen LogP contribution in [0.15, 0.2) is 4.99 Å². The van der Waals surface area contributed by atoms with Gasteiger partial charge in [0.2, 0.25) is 0 Å². The number of nitrogens with two attached hydrogens (primary N) is 1. The van der Waals surface area contributed by atoms with Gasteiger partial charge in [-0.3, -0.25) is 4.99 Å². The summed E-state index contributed by atoms with van der Waals surface area (Å²) in [6.07, 6.45) is 1.76. The molecule has 0 aliphatic carbocycles. The van der Waals surface area contributed by atoms with E-state index < -0.39 is 6.03 Å². The number of carbonyl (C=O) groups is 1. The first-order chi connectivity index (χ1) is 4.29. The van der Waals surface area contributed by atoms with Gasteiger partial charge in [-0.2, -0.15) is 0 Å². The topological polar surface area (TPSA) is 67.5 Å². The van der Waals surface area contributed by atoms with Crippen LogP contribution in [0.1, 0.15) is 0 Å². The molecule has 4 nitrogen and oxygen atoms in total. The summed E-state index contributed by atoms with van der Waals surface area (Å²) in [4.78, 5) is 14.1. The summed E-state index contributed by atoms with van der Waals surface area (Å²) in [6, 6.07) is -0.522. The molecule has 1 aliphatic heterocycles. The van der Waals surface area contributed by atoms with E-state index in [0.717, 1.165) is 5.75 Å². The third-order valence-electron chi connectivity index (χ3n) is 0.835. The molecule has 1 atom stereocenters. The zero-order valence-electron chi connectivity index (χ0n) is 4.70. The van der Waals surface area contributed by atoms with E-state index in [4.69, 9.17) is 5.73 Å². The SMILES string of the molecule is NC(=O)NC1N=CCS1. The predicted octanol–water partition coefficient (Wildman–Crippen LogP) is -0.244. The maximum absolute atomic E-state index is 10.2. The van der Waals surface area contributed by atoms with Gasteiger partial charge < -0.3 is 11.1 Å². The molecular formula is C4H7N3OS. The Kier molecular flexibility index (Phi) is 1.94. The van der Waals surface area contributed by atoms with Crippen LogP contribution in [0.25, 0.3) is 0 Å². The number of hydrogen-bond donors (Lipinski definition) is 2. The minimum Gasteiger partial charge on any atom is -0.352 e. The predicted molar refractivity (Wildman–Crippen MR) is 37.5 cm³/mol. The summed E-state index contributed by atoms with van der Waals surface area (Å²) in [5.74, 6) is 0.852. The van der Waals surface area contributed by atoms with Crippen molar-refractivity contribution in [3.05, 3.63) is 0 Å². The molecule has 0 aromatic carbocycles. The van der Waals surface area contributed by atoms with Crippen LogP contribution in [-0.4, -0.2) is 23.5 Å². The number of urea groups is 1. The van der Waals surface area contributed by atoms with Crippen LogP contribution in [0.4, 0.5) is 4.79 Å². The number of nitrogens with zero attached hydrogens (tertiary/aromatic N) is 1. The van der Waals surface area contributed by atoms with Gasteiger partial charge in [-0.15, -0.1) is 11.8 Å². The first-order valence-corrected chi connectivity index (χ1v) is 3.53. The second kappa shape index (κ2) is 2.72. The number of amides is 2. The quantitative estimate of drug-likeness (QED) is 0.534. The van der Waals surface area contributed by atoms with E-state index in [9.17, 15) is 4.79 Å². The molecule has 5 heteroatoms. The van der Waals surface area contributed by atoms with Crippen molar-refractivity contribution in [3.8, 4) is 0 Å². The molecule has 0 saturated carbocycles. The second-order valence-electron chi connectivity index (χ2n) is 1.53. The van der Waals surface area contributed by atoms with E-state index in [1.165, 1.54) is 11.8 Å². The molecule has 1 unspecified atom stereocenters. The highest BCUT2D eigenvalue weighted by Gasteiger charge is 2.10. The van der Waals surface area contributed by atoms with Crippen molar-refractivity contribution in [2.24, 2.45) is 10.7 Å². The van der Waals surface area contributed by atoms with Crippen molar-refractivity contribution in [3.63, 3.8) is 0 Å². The van der Waals surface area contributed by atoms with Crippen LogP contribution < -0.4 is 11.1 Å². The molecule has 9 heavy (non-hydrogen) atoms. The molecule has 0 aromatic heterocycles. The van der Waals surface area contributed by atoms with Crippen LogP contribution in [0.3, 0.4) is 0 Å². The number of rotatable bonds is 1. The minimum atomic E-state index is -0.522. The molecule has 1 rings (SSSR count). The van der Waals surface area contributed by atoms with E-state index in [1.807, 2.05) is 0 Å². The number of aliphatic imine (C=N–C) groups is 1. The largest absolute Gasteiger partial charge is 0.352 e. The lowest BCUT2D eigenvalue weighted by atomic mass is 10.8. The van der Waals surface area contributed by atoms with Gasteiger partial charge in [-0.25, -0.2) is 4.79 Å². The summed E-state index contributed by atoms with van der Waals surface area (Å²) in [7, 11) is 0. The number of thioether (sulfide) groups is 1. The molecule has 0 spiro atoms. The Morgan fingerprint density at radius 1 is 2.00 bits per heavy atom. The van der Waals surface area contributed by atoms with Crippen molar-refractivity contribution < 1.29 is 4.79 Å². The summed E-state index contributed by atoms with van der Waals surface area (Å²) >= 11 is 1.54. The van der Waals surface area contributed by atoms with Gasteiger partial charge in [0.15, 0.2) is 5.50 Å². The molecule has 0 radical (unpaired) electrons. The Morgan fingerprint density at radius 2 is 2.78 bits per heavy atom. The van der Waals surface area contributed by atoms with E-state index in [-0.39, 0.29) is 5.50 Å². The molecule has 50 valence electrons. The fourth-order valence-electron chi connectivity index (χ4n) is 0.517. The fraction of sp³-hybridized carbons (Fsp3) is 0.500. The lowest BCUT2D eigenvalue weighted by Gasteiger charge is -2.04.